The van der Waals surface area contributed by atoms with E-state index in [9.17, 15) is 9.59 Å². The van der Waals surface area contributed by atoms with Gasteiger partial charge in [-0.3, -0.25) is 19.5 Å². The molecule has 0 saturated carbocycles. The average molecular weight is 442 g/mol. The minimum Gasteiger partial charge on any atom is -0.463 e. The van der Waals surface area contributed by atoms with Crippen molar-refractivity contribution in [2.45, 2.75) is 20.4 Å². The van der Waals surface area contributed by atoms with Crippen LogP contribution in [0.1, 0.15) is 27.2 Å². The highest BCUT2D eigenvalue weighted by atomic mass is 32.1. The van der Waals surface area contributed by atoms with E-state index in [0.29, 0.717) is 21.8 Å². The number of anilines is 1. The molecule has 0 radical (unpaired) electrons. The third-order valence-corrected chi connectivity index (χ3v) is 6.28. The van der Waals surface area contributed by atoms with Gasteiger partial charge in [-0.05, 0) is 55.3 Å². The van der Waals surface area contributed by atoms with Gasteiger partial charge in [0.25, 0.3) is 5.91 Å². The van der Waals surface area contributed by atoms with Crippen molar-refractivity contribution < 1.29 is 9.21 Å². The highest BCUT2D eigenvalue weighted by Crippen LogP contribution is 2.33. The normalized spacial score (nSPS) is 11.2. The number of para-hydroxylation sites is 1. The Morgan fingerprint density at radius 2 is 1.91 bits per heavy atom. The lowest BCUT2D eigenvalue weighted by Crippen LogP contribution is -2.34. The Bertz CT molecular complexity index is 1520. The quantitative estimate of drug-likeness (QED) is 0.380. The first-order valence-corrected chi connectivity index (χ1v) is 10.9. The van der Waals surface area contributed by atoms with Crippen LogP contribution in [0.25, 0.3) is 21.2 Å². The van der Waals surface area contributed by atoms with E-state index >= 15 is 0 Å². The summed E-state index contributed by atoms with van der Waals surface area (Å²) >= 11 is 1.42. The number of benzene rings is 2. The van der Waals surface area contributed by atoms with Crippen LogP contribution in [0.4, 0.5) is 5.13 Å². The minimum atomic E-state index is -0.469. The maximum atomic E-state index is 13.6. The van der Waals surface area contributed by atoms with Gasteiger partial charge in [0.1, 0.15) is 17.4 Å². The number of hydrogen-bond acceptors (Lipinski definition) is 6. The Hall–Kier alpha value is -3.84. The summed E-state index contributed by atoms with van der Waals surface area (Å²) in [4.78, 5) is 37.4. The molecule has 6 nitrogen and oxygen atoms in total. The molecule has 3 aromatic heterocycles. The summed E-state index contributed by atoms with van der Waals surface area (Å²) in [6, 6.07) is 16.5. The number of carbonyl (C=O) groups excluding carboxylic acids is 1. The summed E-state index contributed by atoms with van der Waals surface area (Å²) in [5, 5.41) is 0.879. The Labute approximate surface area is 187 Å². The molecule has 2 aromatic carbocycles. The van der Waals surface area contributed by atoms with E-state index in [1.807, 2.05) is 32.0 Å². The summed E-state index contributed by atoms with van der Waals surface area (Å²) < 4.78 is 6.58. The maximum Gasteiger partial charge on any atom is 0.267 e. The molecule has 0 spiro atoms. The van der Waals surface area contributed by atoms with Crippen LogP contribution in [0.2, 0.25) is 0 Å². The van der Waals surface area contributed by atoms with Crippen molar-refractivity contribution in [3.05, 3.63) is 99.7 Å². The van der Waals surface area contributed by atoms with Crippen molar-refractivity contribution in [3.8, 4) is 0 Å². The second-order valence-corrected chi connectivity index (χ2v) is 8.62. The van der Waals surface area contributed by atoms with Crippen molar-refractivity contribution >= 4 is 43.6 Å². The number of aromatic nitrogens is 2. The van der Waals surface area contributed by atoms with E-state index in [0.717, 1.165) is 21.3 Å². The lowest BCUT2D eigenvalue weighted by atomic mass is 10.1. The maximum absolute atomic E-state index is 13.6. The molecule has 7 heteroatoms. The van der Waals surface area contributed by atoms with Gasteiger partial charge >= 0.3 is 0 Å². The molecule has 0 fully saturated rings. The second kappa shape index (κ2) is 8.01. The number of amides is 1. The van der Waals surface area contributed by atoms with Crippen LogP contribution in [-0.2, 0) is 6.54 Å². The Balaban J connectivity index is 1.65. The SMILES string of the molecule is Cc1cc(C)c2nc(N(Cc3ccccn3)C(=O)c3coc4ccccc4c3=O)sc2c1. The van der Waals surface area contributed by atoms with Gasteiger partial charge in [-0.25, -0.2) is 4.98 Å². The highest BCUT2D eigenvalue weighted by Gasteiger charge is 2.26. The number of thiazole rings is 1. The molecule has 0 aliphatic carbocycles. The molecule has 3 heterocycles. The van der Waals surface area contributed by atoms with Crippen molar-refractivity contribution in [1.82, 2.24) is 9.97 Å². The largest absolute Gasteiger partial charge is 0.463 e. The Kier molecular flexibility index (Phi) is 5.03. The summed E-state index contributed by atoms with van der Waals surface area (Å²) in [6.07, 6.45) is 2.91. The van der Waals surface area contributed by atoms with Gasteiger partial charge in [0, 0.05) is 6.20 Å². The van der Waals surface area contributed by atoms with E-state index in [-0.39, 0.29) is 17.5 Å². The number of nitrogens with zero attached hydrogens (tertiary/aromatic N) is 3. The van der Waals surface area contributed by atoms with Crippen LogP contribution in [0.3, 0.4) is 0 Å². The molecular weight excluding hydrogens is 422 g/mol. The third kappa shape index (κ3) is 3.56. The lowest BCUT2D eigenvalue weighted by molar-refractivity contribution is 0.0982. The van der Waals surface area contributed by atoms with Crippen LogP contribution >= 0.6 is 11.3 Å². The van der Waals surface area contributed by atoms with Gasteiger partial charge in [-0.1, -0.05) is 35.6 Å². The van der Waals surface area contributed by atoms with Gasteiger partial charge in [0.2, 0.25) is 5.43 Å². The summed E-state index contributed by atoms with van der Waals surface area (Å²) in [5.74, 6) is -0.469. The van der Waals surface area contributed by atoms with Gasteiger partial charge < -0.3 is 4.42 Å². The summed E-state index contributed by atoms with van der Waals surface area (Å²) in [6.45, 7) is 4.22. The fourth-order valence-electron chi connectivity index (χ4n) is 3.73. The number of rotatable bonds is 4. The Morgan fingerprint density at radius 1 is 1.09 bits per heavy atom. The highest BCUT2D eigenvalue weighted by molar-refractivity contribution is 7.22. The predicted molar refractivity (Wildman–Crippen MR) is 126 cm³/mol. The molecule has 5 rings (SSSR count). The van der Waals surface area contributed by atoms with Crippen LogP contribution in [-0.4, -0.2) is 15.9 Å². The van der Waals surface area contributed by atoms with Crippen molar-refractivity contribution in [2.75, 3.05) is 4.90 Å². The first kappa shape index (κ1) is 20.1. The van der Waals surface area contributed by atoms with Gasteiger partial charge in [0.05, 0.1) is 27.8 Å². The van der Waals surface area contributed by atoms with Crippen molar-refractivity contribution in [3.63, 3.8) is 0 Å². The lowest BCUT2D eigenvalue weighted by Gasteiger charge is -2.19. The van der Waals surface area contributed by atoms with Gasteiger partial charge in [0.15, 0.2) is 5.13 Å². The predicted octanol–water partition coefficient (Wildman–Crippen LogP) is 5.26. The summed E-state index contributed by atoms with van der Waals surface area (Å²) in [7, 11) is 0. The number of aryl methyl sites for hydroxylation is 2. The Morgan fingerprint density at radius 3 is 2.72 bits per heavy atom. The van der Waals surface area contributed by atoms with E-state index in [4.69, 9.17) is 9.40 Å². The molecular formula is C25H19N3O3S. The number of hydrogen-bond donors (Lipinski definition) is 0. The molecule has 0 unspecified atom stereocenters. The smallest absolute Gasteiger partial charge is 0.267 e. The second-order valence-electron chi connectivity index (χ2n) is 7.61. The van der Waals surface area contributed by atoms with Crippen LogP contribution in [0.5, 0.6) is 0 Å². The van der Waals surface area contributed by atoms with E-state index in [2.05, 4.69) is 17.1 Å². The monoisotopic (exact) mass is 441 g/mol. The van der Waals surface area contributed by atoms with E-state index in [1.54, 1.807) is 30.5 Å². The first-order valence-electron chi connectivity index (χ1n) is 10.1. The zero-order valence-electron chi connectivity index (χ0n) is 17.5. The van der Waals surface area contributed by atoms with Gasteiger partial charge in [-0.15, -0.1) is 0 Å². The van der Waals surface area contributed by atoms with E-state index < -0.39 is 5.91 Å². The fraction of sp³-hybridized carbons (Fsp3) is 0.120. The molecule has 0 N–H and O–H groups in total. The molecule has 0 atom stereocenters. The molecule has 0 aliphatic heterocycles. The molecule has 1 amide bonds. The van der Waals surface area contributed by atoms with Gasteiger partial charge in [-0.2, -0.15) is 0 Å². The number of carbonyl (C=O) groups is 1. The van der Waals surface area contributed by atoms with Crippen LogP contribution in [0.15, 0.2) is 76.3 Å². The van der Waals surface area contributed by atoms with E-state index in [1.165, 1.54) is 22.5 Å². The number of fused-ring (bicyclic) bond motifs is 2. The van der Waals surface area contributed by atoms with Crippen LogP contribution in [0, 0.1) is 13.8 Å². The standard InChI is InChI=1S/C25H19N3O3S/c1-15-11-16(2)22-21(12-15)32-25(27-22)28(13-17-7-5-6-10-26-17)24(30)19-14-31-20-9-4-3-8-18(20)23(19)29/h3-12,14H,13H2,1-2H3. The molecule has 158 valence electrons. The average Bonchev–Trinajstić information content (AvgIpc) is 3.22. The fourth-order valence-corrected chi connectivity index (χ4v) is 4.86. The third-order valence-electron chi connectivity index (χ3n) is 5.25. The molecule has 32 heavy (non-hydrogen) atoms. The topological polar surface area (TPSA) is 76.3 Å². The molecule has 0 saturated heterocycles. The minimum absolute atomic E-state index is 0.0354. The zero-order chi connectivity index (χ0) is 22.2. The molecule has 0 aliphatic rings. The molecule has 0 bridgehead atoms. The van der Waals surface area contributed by atoms with Crippen molar-refractivity contribution in [2.24, 2.45) is 0 Å². The number of pyridine rings is 1. The summed E-state index contributed by atoms with van der Waals surface area (Å²) in [5.41, 5.74) is 3.75. The first-order chi connectivity index (χ1) is 15.5. The van der Waals surface area contributed by atoms with Crippen molar-refractivity contribution in [1.29, 1.82) is 0 Å². The van der Waals surface area contributed by atoms with Crippen LogP contribution < -0.4 is 10.3 Å². The molecule has 5 aromatic rings. The zero-order valence-corrected chi connectivity index (χ0v) is 18.3.